The maximum absolute atomic E-state index is 6.25. The van der Waals surface area contributed by atoms with Gasteiger partial charge >= 0.3 is 0 Å². The van der Waals surface area contributed by atoms with Gasteiger partial charge in [-0.3, -0.25) is 5.43 Å². The van der Waals surface area contributed by atoms with Gasteiger partial charge in [0.2, 0.25) is 0 Å². The molecule has 0 aliphatic carbocycles. The Morgan fingerprint density at radius 2 is 0.935 bits per heavy atom. The molecule has 1 aliphatic rings. The van der Waals surface area contributed by atoms with Crippen molar-refractivity contribution in [3.63, 3.8) is 0 Å². The standard InChI is InChI=1S/C27H20ClN3/c28-31-29-26(24-15-11-22(12-16-24)20-7-3-1-4-8-20)19-27(30-31)25-17-13-23(14-18-25)21-9-5-2-6-10-21/h1-19,29H. The van der Waals surface area contributed by atoms with Crippen LogP contribution in [0.1, 0.15) is 11.1 Å². The quantitative estimate of drug-likeness (QED) is 0.369. The number of hydrogen-bond donors (Lipinski definition) is 1. The van der Waals surface area contributed by atoms with E-state index in [0.717, 1.165) is 22.5 Å². The predicted molar refractivity (Wildman–Crippen MR) is 129 cm³/mol. The van der Waals surface area contributed by atoms with E-state index in [4.69, 9.17) is 11.8 Å². The number of rotatable bonds is 4. The van der Waals surface area contributed by atoms with Gasteiger partial charge in [-0.15, -0.1) is 9.74 Å². The van der Waals surface area contributed by atoms with Crippen molar-refractivity contribution in [1.29, 1.82) is 0 Å². The topological polar surface area (TPSA) is 27.6 Å². The highest BCUT2D eigenvalue weighted by molar-refractivity contribution is 6.18. The summed E-state index contributed by atoms with van der Waals surface area (Å²) in [6.07, 6.45) is 2.02. The summed E-state index contributed by atoms with van der Waals surface area (Å²) < 4.78 is 1.24. The van der Waals surface area contributed by atoms with Crippen LogP contribution in [0.25, 0.3) is 28.0 Å². The van der Waals surface area contributed by atoms with E-state index < -0.39 is 0 Å². The summed E-state index contributed by atoms with van der Waals surface area (Å²) in [5, 5.41) is 4.42. The number of hydrogen-bond acceptors (Lipinski definition) is 3. The third-order valence-corrected chi connectivity index (χ3v) is 5.44. The molecule has 5 rings (SSSR count). The largest absolute Gasteiger partial charge is 0.266 e. The van der Waals surface area contributed by atoms with Gasteiger partial charge in [-0.1, -0.05) is 109 Å². The summed E-state index contributed by atoms with van der Waals surface area (Å²) in [5.41, 5.74) is 11.6. The van der Waals surface area contributed by atoms with E-state index in [2.05, 4.69) is 83.3 Å². The van der Waals surface area contributed by atoms with E-state index in [1.807, 2.05) is 42.5 Å². The highest BCUT2D eigenvalue weighted by Crippen LogP contribution is 2.25. The second-order valence-electron chi connectivity index (χ2n) is 7.30. The third kappa shape index (κ3) is 4.23. The molecular weight excluding hydrogens is 402 g/mol. The smallest absolute Gasteiger partial charge is 0.0960 e. The normalized spacial score (nSPS) is 13.3. The lowest BCUT2D eigenvalue weighted by Gasteiger charge is -2.22. The third-order valence-electron chi connectivity index (χ3n) is 5.28. The van der Waals surface area contributed by atoms with Crippen LogP contribution in [0.4, 0.5) is 0 Å². The number of nitrogens with one attached hydrogen (secondary N) is 1. The summed E-state index contributed by atoms with van der Waals surface area (Å²) >= 11 is 6.25. The SMILES string of the molecule is ClN1N=C(c2ccc(-c3ccccc3)cc2)C=C(c2ccc(-c3ccccc3)cc2)N1. The highest BCUT2D eigenvalue weighted by Gasteiger charge is 2.15. The first-order valence-corrected chi connectivity index (χ1v) is 10.4. The van der Waals surface area contributed by atoms with Crippen LogP contribution in [0.15, 0.2) is 120 Å². The van der Waals surface area contributed by atoms with Crippen molar-refractivity contribution in [2.24, 2.45) is 5.10 Å². The summed E-state index contributed by atoms with van der Waals surface area (Å²) in [6.45, 7) is 0. The van der Waals surface area contributed by atoms with Crippen LogP contribution in [0.2, 0.25) is 0 Å². The molecular formula is C27H20ClN3. The van der Waals surface area contributed by atoms with Crippen LogP contribution in [0.3, 0.4) is 0 Å². The fourth-order valence-electron chi connectivity index (χ4n) is 3.64. The molecule has 0 fully saturated rings. The molecule has 0 atom stereocenters. The highest BCUT2D eigenvalue weighted by atomic mass is 35.5. The number of allylic oxidation sites excluding steroid dienone is 1. The predicted octanol–water partition coefficient (Wildman–Crippen LogP) is 6.74. The fraction of sp³-hybridized carbons (Fsp3) is 0. The maximum atomic E-state index is 6.25. The molecule has 4 heteroatoms. The number of hydrazone groups is 1. The molecule has 1 heterocycles. The van der Waals surface area contributed by atoms with E-state index in [9.17, 15) is 0 Å². The molecule has 0 saturated heterocycles. The first-order chi connectivity index (χ1) is 15.3. The van der Waals surface area contributed by atoms with Gasteiger partial charge in [0.05, 0.1) is 23.2 Å². The first kappa shape index (κ1) is 19.2. The minimum absolute atomic E-state index is 0.801. The summed E-state index contributed by atoms with van der Waals surface area (Å²) in [6, 6.07) is 37.4. The summed E-state index contributed by atoms with van der Waals surface area (Å²) in [4.78, 5) is 0. The number of benzene rings is 4. The van der Waals surface area contributed by atoms with Gasteiger partial charge in [-0.25, -0.2) is 0 Å². The molecule has 0 aromatic heterocycles. The molecule has 0 spiro atoms. The number of halogens is 1. The lowest BCUT2D eigenvalue weighted by molar-refractivity contribution is 0.423. The van der Waals surface area contributed by atoms with Gasteiger partial charge in [0, 0.05) is 5.56 Å². The van der Waals surface area contributed by atoms with Gasteiger partial charge in [0.1, 0.15) is 0 Å². The molecule has 31 heavy (non-hydrogen) atoms. The van der Waals surface area contributed by atoms with Crippen LogP contribution in [-0.2, 0) is 0 Å². The van der Waals surface area contributed by atoms with Crippen LogP contribution < -0.4 is 5.43 Å². The molecule has 0 unspecified atom stereocenters. The Balaban J connectivity index is 1.41. The van der Waals surface area contributed by atoms with Crippen LogP contribution >= 0.6 is 11.8 Å². The Labute approximate surface area is 187 Å². The minimum Gasteiger partial charge on any atom is -0.266 e. The molecule has 0 radical (unpaired) electrons. The molecule has 150 valence electrons. The molecule has 0 saturated carbocycles. The molecule has 1 aliphatic heterocycles. The van der Waals surface area contributed by atoms with E-state index >= 15 is 0 Å². The zero-order valence-electron chi connectivity index (χ0n) is 16.7. The van der Waals surface area contributed by atoms with Crippen molar-refractivity contribution in [3.8, 4) is 22.3 Å². The Bertz CT molecular complexity index is 1230. The molecule has 4 aromatic rings. The summed E-state index contributed by atoms with van der Waals surface area (Å²) in [5.74, 6) is 0. The fourth-order valence-corrected chi connectivity index (χ4v) is 3.82. The van der Waals surface area contributed by atoms with Gasteiger partial charge in [-0.2, -0.15) is 0 Å². The Morgan fingerprint density at radius 3 is 1.45 bits per heavy atom. The van der Waals surface area contributed by atoms with Crippen LogP contribution in [0.5, 0.6) is 0 Å². The molecule has 1 N–H and O–H groups in total. The molecule has 4 aromatic carbocycles. The van der Waals surface area contributed by atoms with Gasteiger partial charge in [0.25, 0.3) is 0 Å². The van der Waals surface area contributed by atoms with Crippen molar-refractivity contribution in [1.82, 2.24) is 10.1 Å². The summed E-state index contributed by atoms with van der Waals surface area (Å²) in [7, 11) is 0. The zero-order chi connectivity index (χ0) is 21.0. The molecule has 3 nitrogen and oxygen atoms in total. The monoisotopic (exact) mass is 421 g/mol. The van der Waals surface area contributed by atoms with E-state index in [1.165, 1.54) is 26.9 Å². The van der Waals surface area contributed by atoms with Crippen LogP contribution in [-0.4, -0.2) is 10.3 Å². The lowest BCUT2D eigenvalue weighted by atomic mass is 10.00. The Hall–Kier alpha value is -3.82. The zero-order valence-corrected chi connectivity index (χ0v) is 17.5. The Morgan fingerprint density at radius 1 is 0.516 bits per heavy atom. The van der Waals surface area contributed by atoms with E-state index in [-0.39, 0.29) is 0 Å². The average Bonchev–Trinajstić information content (AvgIpc) is 2.85. The number of nitrogens with zero attached hydrogens (tertiary/aromatic N) is 2. The second-order valence-corrected chi connectivity index (χ2v) is 7.62. The Kier molecular flexibility index (Phi) is 5.26. The van der Waals surface area contributed by atoms with Crippen LogP contribution in [0, 0.1) is 0 Å². The number of hydrazine groups is 1. The minimum atomic E-state index is 0.801. The van der Waals surface area contributed by atoms with Crippen molar-refractivity contribution >= 4 is 23.2 Å². The second kappa shape index (κ2) is 8.50. The molecule has 0 bridgehead atoms. The molecule has 0 amide bonds. The van der Waals surface area contributed by atoms with E-state index in [1.54, 1.807) is 0 Å². The average molecular weight is 422 g/mol. The van der Waals surface area contributed by atoms with Gasteiger partial charge in [0.15, 0.2) is 0 Å². The van der Waals surface area contributed by atoms with Gasteiger partial charge < -0.3 is 0 Å². The maximum Gasteiger partial charge on any atom is 0.0960 e. The van der Waals surface area contributed by atoms with Crippen molar-refractivity contribution < 1.29 is 0 Å². The van der Waals surface area contributed by atoms with Gasteiger partial charge in [-0.05, 0) is 33.9 Å². The van der Waals surface area contributed by atoms with Crippen molar-refractivity contribution in [3.05, 3.63) is 126 Å². The van der Waals surface area contributed by atoms with Crippen molar-refractivity contribution in [2.75, 3.05) is 0 Å². The van der Waals surface area contributed by atoms with Crippen molar-refractivity contribution in [2.45, 2.75) is 0 Å². The van der Waals surface area contributed by atoms with E-state index in [0.29, 0.717) is 0 Å². The first-order valence-electron chi connectivity index (χ1n) is 10.1. The lowest BCUT2D eigenvalue weighted by Crippen LogP contribution is -2.29.